The molecule has 0 fully saturated rings. The topological polar surface area (TPSA) is 43.3 Å². The van der Waals surface area contributed by atoms with Crippen molar-refractivity contribution in [1.29, 1.82) is 0 Å². The van der Waals surface area contributed by atoms with Crippen LogP contribution in [0.3, 0.4) is 0 Å². The number of nitrogens with one attached hydrogen (secondary N) is 1. The van der Waals surface area contributed by atoms with Crippen molar-refractivity contribution in [1.82, 2.24) is 9.88 Å². The Morgan fingerprint density at radius 2 is 2.10 bits per heavy atom. The number of hydrogen-bond acceptors (Lipinski definition) is 3. The van der Waals surface area contributed by atoms with Crippen LogP contribution in [0.25, 0.3) is 0 Å². The molecule has 112 valence electrons. The molecule has 1 aromatic heterocycles. The molecule has 4 heteroatoms. The molecular weight excluding hydrogens is 264 g/mol. The smallest absolute Gasteiger partial charge is 0.253 e. The minimum Gasteiger partial charge on any atom is -0.497 e. The van der Waals surface area contributed by atoms with Gasteiger partial charge in [-0.1, -0.05) is 25.1 Å². The van der Waals surface area contributed by atoms with Crippen LogP contribution in [0.15, 0.2) is 47.4 Å². The van der Waals surface area contributed by atoms with E-state index in [0.29, 0.717) is 6.54 Å². The van der Waals surface area contributed by atoms with Crippen LogP contribution in [-0.2, 0) is 6.54 Å². The van der Waals surface area contributed by atoms with Gasteiger partial charge in [-0.3, -0.25) is 4.79 Å². The van der Waals surface area contributed by atoms with Gasteiger partial charge in [0.15, 0.2) is 0 Å². The number of methoxy groups -OCH3 is 1. The Morgan fingerprint density at radius 3 is 2.81 bits per heavy atom. The molecule has 21 heavy (non-hydrogen) atoms. The van der Waals surface area contributed by atoms with Crippen molar-refractivity contribution in [3.8, 4) is 5.75 Å². The number of hydrogen-bond donors (Lipinski definition) is 1. The van der Waals surface area contributed by atoms with E-state index in [1.807, 2.05) is 43.5 Å². The molecule has 2 rings (SSSR count). The maximum atomic E-state index is 12.2. The van der Waals surface area contributed by atoms with Crippen LogP contribution in [0, 0.1) is 6.92 Å². The first-order chi connectivity index (χ1) is 10.2. The van der Waals surface area contributed by atoms with E-state index < -0.39 is 0 Å². The summed E-state index contributed by atoms with van der Waals surface area (Å²) in [6.07, 6.45) is 1.83. The molecule has 0 aliphatic carbocycles. The highest BCUT2D eigenvalue weighted by Crippen LogP contribution is 2.20. The van der Waals surface area contributed by atoms with E-state index in [-0.39, 0.29) is 11.6 Å². The molecule has 0 saturated heterocycles. The maximum absolute atomic E-state index is 12.2. The highest BCUT2D eigenvalue weighted by molar-refractivity contribution is 5.30. The van der Waals surface area contributed by atoms with Crippen molar-refractivity contribution in [3.63, 3.8) is 0 Å². The Kier molecular flexibility index (Phi) is 5.17. The third-order valence-corrected chi connectivity index (χ3v) is 3.54. The molecule has 0 bridgehead atoms. The van der Waals surface area contributed by atoms with E-state index in [9.17, 15) is 4.79 Å². The average molecular weight is 286 g/mol. The van der Waals surface area contributed by atoms with Gasteiger partial charge in [0.05, 0.1) is 13.2 Å². The van der Waals surface area contributed by atoms with E-state index in [4.69, 9.17) is 4.74 Å². The normalized spacial score (nSPS) is 12.1. The van der Waals surface area contributed by atoms with Gasteiger partial charge in [-0.25, -0.2) is 0 Å². The van der Waals surface area contributed by atoms with Gasteiger partial charge in [0.25, 0.3) is 5.56 Å². The van der Waals surface area contributed by atoms with Crippen molar-refractivity contribution < 1.29 is 4.74 Å². The third-order valence-electron chi connectivity index (χ3n) is 3.54. The van der Waals surface area contributed by atoms with Gasteiger partial charge < -0.3 is 14.6 Å². The molecule has 1 aromatic carbocycles. The van der Waals surface area contributed by atoms with Gasteiger partial charge in [-0.05, 0) is 37.2 Å². The number of benzene rings is 1. The molecule has 1 atom stereocenters. The second kappa shape index (κ2) is 7.09. The van der Waals surface area contributed by atoms with Crippen LogP contribution in [-0.4, -0.2) is 18.2 Å². The van der Waals surface area contributed by atoms with Gasteiger partial charge in [0.1, 0.15) is 5.75 Å². The zero-order valence-corrected chi connectivity index (χ0v) is 12.8. The fourth-order valence-electron chi connectivity index (χ4n) is 2.39. The van der Waals surface area contributed by atoms with Crippen LogP contribution in [0.4, 0.5) is 0 Å². The van der Waals surface area contributed by atoms with E-state index in [2.05, 4.69) is 18.3 Å². The Labute approximate surface area is 125 Å². The van der Waals surface area contributed by atoms with Crippen molar-refractivity contribution in [3.05, 3.63) is 64.1 Å². The van der Waals surface area contributed by atoms with E-state index in [1.54, 1.807) is 11.7 Å². The fraction of sp³-hybridized carbons (Fsp3) is 0.353. The van der Waals surface area contributed by atoms with Gasteiger partial charge >= 0.3 is 0 Å². The number of pyridine rings is 1. The number of likely N-dealkylation sites (N-methyl/N-ethyl adjacent to an activating group) is 1. The van der Waals surface area contributed by atoms with Crippen molar-refractivity contribution in [2.45, 2.75) is 26.4 Å². The Hall–Kier alpha value is -2.07. The summed E-state index contributed by atoms with van der Waals surface area (Å²) in [7, 11) is 1.66. The van der Waals surface area contributed by atoms with Gasteiger partial charge in [-0.2, -0.15) is 0 Å². The molecule has 0 spiro atoms. The third kappa shape index (κ3) is 3.73. The van der Waals surface area contributed by atoms with Crippen LogP contribution < -0.4 is 15.6 Å². The summed E-state index contributed by atoms with van der Waals surface area (Å²) in [5.41, 5.74) is 1.94. The second-order valence-corrected chi connectivity index (χ2v) is 5.04. The predicted molar refractivity (Wildman–Crippen MR) is 84.9 cm³/mol. The van der Waals surface area contributed by atoms with Gasteiger partial charge in [-0.15, -0.1) is 0 Å². The molecule has 1 unspecified atom stereocenters. The summed E-state index contributed by atoms with van der Waals surface area (Å²) in [4.78, 5) is 12.2. The van der Waals surface area contributed by atoms with Crippen molar-refractivity contribution in [2.75, 3.05) is 13.7 Å². The lowest BCUT2D eigenvalue weighted by atomic mass is 10.1. The summed E-state index contributed by atoms with van der Waals surface area (Å²) in [5.74, 6) is 0.826. The summed E-state index contributed by atoms with van der Waals surface area (Å²) in [5, 5.41) is 3.43. The lowest BCUT2D eigenvalue weighted by Crippen LogP contribution is -2.31. The first-order valence-electron chi connectivity index (χ1n) is 7.19. The predicted octanol–water partition coefficient (Wildman–Crippen LogP) is 2.52. The lowest BCUT2D eigenvalue weighted by Gasteiger charge is -2.20. The largest absolute Gasteiger partial charge is 0.497 e. The summed E-state index contributed by atoms with van der Waals surface area (Å²) in [6.45, 7) is 5.34. The van der Waals surface area contributed by atoms with Crippen molar-refractivity contribution >= 4 is 0 Å². The molecule has 1 N–H and O–H groups in total. The molecular formula is C17H22N2O2. The zero-order chi connectivity index (χ0) is 15.2. The molecule has 0 amide bonds. The molecule has 0 aliphatic heterocycles. The molecule has 2 aromatic rings. The molecule has 0 radical (unpaired) electrons. The number of nitrogens with zero attached hydrogens (tertiary/aromatic N) is 1. The summed E-state index contributed by atoms with van der Waals surface area (Å²) in [6, 6.07) is 11.8. The van der Waals surface area contributed by atoms with Crippen LogP contribution >= 0.6 is 0 Å². The Bertz CT molecular complexity index is 649. The first kappa shape index (κ1) is 15.3. The maximum Gasteiger partial charge on any atom is 0.253 e. The van der Waals surface area contributed by atoms with E-state index in [0.717, 1.165) is 23.4 Å². The lowest BCUT2D eigenvalue weighted by molar-refractivity contribution is 0.411. The number of rotatable bonds is 6. The molecule has 1 heterocycles. The summed E-state index contributed by atoms with van der Waals surface area (Å²) >= 11 is 0. The number of aryl methyl sites for hydroxylation is 1. The molecule has 4 nitrogen and oxygen atoms in total. The van der Waals surface area contributed by atoms with Crippen LogP contribution in [0.2, 0.25) is 0 Å². The SMILES string of the molecule is CCNC(Cn1cccc(C)c1=O)c1cccc(OC)c1. The fourth-order valence-corrected chi connectivity index (χ4v) is 2.39. The first-order valence-corrected chi connectivity index (χ1v) is 7.19. The minimum atomic E-state index is 0.0586. The highest BCUT2D eigenvalue weighted by atomic mass is 16.5. The Morgan fingerprint density at radius 1 is 1.29 bits per heavy atom. The zero-order valence-electron chi connectivity index (χ0n) is 12.8. The van der Waals surface area contributed by atoms with Crippen molar-refractivity contribution in [2.24, 2.45) is 0 Å². The number of aromatic nitrogens is 1. The van der Waals surface area contributed by atoms with Gasteiger partial charge in [0.2, 0.25) is 0 Å². The summed E-state index contributed by atoms with van der Waals surface area (Å²) < 4.78 is 7.03. The molecule has 0 aliphatic rings. The van der Waals surface area contributed by atoms with E-state index in [1.165, 1.54) is 0 Å². The highest BCUT2D eigenvalue weighted by Gasteiger charge is 2.13. The van der Waals surface area contributed by atoms with Crippen LogP contribution in [0.5, 0.6) is 5.75 Å². The van der Waals surface area contributed by atoms with Crippen LogP contribution in [0.1, 0.15) is 24.1 Å². The quantitative estimate of drug-likeness (QED) is 0.887. The monoisotopic (exact) mass is 286 g/mol. The number of ether oxygens (including phenoxy) is 1. The minimum absolute atomic E-state index is 0.0586. The van der Waals surface area contributed by atoms with Gasteiger partial charge in [0, 0.05) is 18.3 Å². The average Bonchev–Trinajstić information content (AvgIpc) is 2.51. The second-order valence-electron chi connectivity index (χ2n) is 5.04. The standard InChI is InChI=1S/C17H22N2O2/c1-4-18-16(14-8-5-9-15(11-14)21-3)12-19-10-6-7-13(2)17(19)20/h5-11,16,18H,4,12H2,1-3H3. The molecule has 0 saturated carbocycles. The van der Waals surface area contributed by atoms with E-state index >= 15 is 0 Å². The Balaban J connectivity index is 2.30.